The number of hydrogen-bond donors (Lipinski definition) is 2. The van der Waals surface area contributed by atoms with E-state index in [4.69, 9.17) is 10.5 Å². The molecule has 0 aromatic heterocycles. The number of nitrogens with zero attached hydrogens (tertiary/aromatic N) is 1. The van der Waals surface area contributed by atoms with Crippen molar-refractivity contribution >= 4 is 5.69 Å². The topological polar surface area (TPSA) is 98.6 Å². The second-order valence-electron chi connectivity index (χ2n) is 5.76. The van der Waals surface area contributed by atoms with Gasteiger partial charge in [0.05, 0.1) is 18.1 Å². The average molecular weight is 294 g/mol. The van der Waals surface area contributed by atoms with E-state index in [1.165, 1.54) is 19.2 Å². The number of benzene rings is 1. The summed E-state index contributed by atoms with van der Waals surface area (Å²) in [6.45, 7) is 0.361. The van der Waals surface area contributed by atoms with Gasteiger partial charge in [-0.1, -0.05) is 12.8 Å². The van der Waals surface area contributed by atoms with Crippen LogP contribution in [0.5, 0.6) is 5.75 Å². The first-order chi connectivity index (χ1) is 10.0. The Labute approximate surface area is 124 Å². The number of aliphatic hydroxyl groups excluding tert-OH is 1. The highest BCUT2D eigenvalue weighted by atomic mass is 16.6. The number of ether oxygens (including phenoxy) is 1. The number of nitro benzene ring substituents is 1. The number of rotatable bonds is 5. The molecule has 1 aromatic carbocycles. The average Bonchev–Trinajstić information content (AvgIpc) is 2.49. The summed E-state index contributed by atoms with van der Waals surface area (Å²) in [7, 11) is 1.54. The maximum absolute atomic E-state index is 10.9. The minimum Gasteiger partial charge on any atom is -0.496 e. The van der Waals surface area contributed by atoms with E-state index in [0.29, 0.717) is 18.7 Å². The third kappa shape index (κ3) is 3.16. The lowest BCUT2D eigenvalue weighted by atomic mass is 9.68. The molecule has 3 N–H and O–H groups in total. The molecule has 116 valence electrons. The molecule has 1 aliphatic carbocycles. The maximum atomic E-state index is 10.9. The molecule has 1 aliphatic rings. The molecule has 2 atom stereocenters. The van der Waals surface area contributed by atoms with Crippen LogP contribution in [0, 0.1) is 15.5 Å². The monoisotopic (exact) mass is 294 g/mol. The first kappa shape index (κ1) is 15.7. The second-order valence-corrected chi connectivity index (χ2v) is 5.76. The summed E-state index contributed by atoms with van der Waals surface area (Å²) in [4.78, 5) is 10.5. The number of nitrogens with two attached hydrogens (primary N) is 1. The van der Waals surface area contributed by atoms with E-state index >= 15 is 0 Å². The number of hydrogen-bond acceptors (Lipinski definition) is 5. The van der Waals surface area contributed by atoms with E-state index in [1.54, 1.807) is 6.07 Å². The molecule has 1 saturated carbocycles. The van der Waals surface area contributed by atoms with E-state index in [2.05, 4.69) is 0 Å². The van der Waals surface area contributed by atoms with Crippen molar-refractivity contribution in [1.29, 1.82) is 0 Å². The Morgan fingerprint density at radius 3 is 2.86 bits per heavy atom. The van der Waals surface area contributed by atoms with Crippen molar-refractivity contribution in [2.45, 2.75) is 38.2 Å². The molecule has 0 saturated heterocycles. The van der Waals surface area contributed by atoms with Gasteiger partial charge in [-0.3, -0.25) is 10.1 Å². The van der Waals surface area contributed by atoms with Crippen molar-refractivity contribution in [3.8, 4) is 5.75 Å². The standard InChI is InChI=1S/C15H22N2O4/c1-21-13-6-5-12(17(19)20)8-11(13)9-15(10-16)7-3-2-4-14(15)18/h5-6,8,14,18H,2-4,7,9-10,16H2,1H3. The Bertz CT molecular complexity index is 520. The summed E-state index contributed by atoms with van der Waals surface area (Å²) in [6.07, 6.45) is 3.60. The fourth-order valence-electron chi connectivity index (χ4n) is 3.20. The van der Waals surface area contributed by atoms with Crippen molar-refractivity contribution < 1.29 is 14.8 Å². The SMILES string of the molecule is COc1ccc([N+](=O)[O-])cc1CC1(CN)CCCCC1O. The molecule has 0 bridgehead atoms. The smallest absolute Gasteiger partial charge is 0.269 e. The van der Waals surface area contributed by atoms with E-state index in [0.717, 1.165) is 31.2 Å². The van der Waals surface area contributed by atoms with E-state index in [9.17, 15) is 15.2 Å². The predicted molar refractivity (Wildman–Crippen MR) is 79.3 cm³/mol. The van der Waals surface area contributed by atoms with Gasteiger partial charge < -0.3 is 15.6 Å². The Morgan fingerprint density at radius 2 is 2.29 bits per heavy atom. The van der Waals surface area contributed by atoms with Gasteiger partial charge >= 0.3 is 0 Å². The van der Waals surface area contributed by atoms with Crippen molar-refractivity contribution in [3.05, 3.63) is 33.9 Å². The maximum Gasteiger partial charge on any atom is 0.269 e. The minimum absolute atomic E-state index is 0.0308. The third-order valence-electron chi connectivity index (χ3n) is 4.53. The van der Waals surface area contributed by atoms with Gasteiger partial charge in [0.25, 0.3) is 5.69 Å². The molecule has 0 amide bonds. The van der Waals surface area contributed by atoms with Gasteiger partial charge in [0.1, 0.15) is 5.75 Å². The Balaban J connectivity index is 2.35. The second kappa shape index (κ2) is 6.41. The third-order valence-corrected chi connectivity index (χ3v) is 4.53. The van der Waals surface area contributed by atoms with Crippen LogP contribution in [0.15, 0.2) is 18.2 Å². The fraction of sp³-hybridized carbons (Fsp3) is 0.600. The highest BCUT2D eigenvalue weighted by molar-refractivity contribution is 5.44. The van der Waals surface area contributed by atoms with Crippen molar-refractivity contribution in [1.82, 2.24) is 0 Å². The minimum atomic E-state index is -0.472. The van der Waals surface area contributed by atoms with Crippen molar-refractivity contribution in [3.63, 3.8) is 0 Å². The zero-order valence-electron chi connectivity index (χ0n) is 12.2. The van der Waals surface area contributed by atoms with Gasteiger partial charge in [-0.2, -0.15) is 0 Å². The molecule has 0 aliphatic heterocycles. The van der Waals surface area contributed by atoms with Crippen LogP contribution in [0.3, 0.4) is 0 Å². The summed E-state index contributed by atoms with van der Waals surface area (Å²) in [5.74, 6) is 0.603. The summed E-state index contributed by atoms with van der Waals surface area (Å²) < 4.78 is 5.30. The number of nitro groups is 1. The molecule has 21 heavy (non-hydrogen) atoms. The lowest BCUT2D eigenvalue weighted by Gasteiger charge is -2.41. The zero-order chi connectivity index (χ0) is 15.5. The summed E-state index contributed by atoms with van der Waals surface area (Å²) >= 11 is 0. The number of non-ortho nitro benzene ring substituents is 1. The van der Waals surface area contributed by atoms with Gasteiger partial charge in [-0.05, 0) is 25.3 Å². The van der Waals surface area contributed by atoms with Gasteiger partial charge in [0.2, 0.25) is 0 Å². The van der Waals surface area contributed by atoms with Crippen LogP contribution < -0.4 is 10.5 Å². The van der Waals surface area contributed by atoms with Crippen LogP contribution in [0.1, 0.15) is 31.2 Å². The van der Waals surface area contributed by atoms with Crippen molar-refractivity contribution in [2.75, 3.05) is 13.7 Å². The molecule has 1 fully saturated rings. The van der Waals surface area contributed by atoms with Crippen LogP contribution >= 0.6 is 0 Å². The van der Waals surface area contributed by atoms with Crippen LogP contribution in [-0.4, -0.2) is 29.8 Å². The van der Waals surface area contributed by atoms with E-state index in [1.807, 2.05) is 0 Å². The number of aliphatic hydroxyl groups is 1. The molecular formula is C15H22N2O4. The van der Waals surface area contributed by atoms with E-state index < -0.39 is 16.4 Å². The Kier molecular flexibility index (Phi) is 4.80. The van der Waals surface area contributed by atoms with Gasteiger partial charge in [0.15, 0.2) is 0 Å². The normalized spacial score (nSPS) is 25.6. The summed E-state index contributed by atoms with van der Waals surface area (Å²) in [5, 5.41) is 21.3. The molecule has 2 rings (SSSR count). The van der Waals surface area contributed by atoms with Crippen LogP contribution in [0.2, 0.25) is 0 Å². The van der Waals surface area contributed by atoms with Crippen molar-refractivity contribution in [2.24, 2.45) is 11.1 Å². The Hall–Kier alpha value is -1.66. The largest absolute Gasteiger partial charge is 0.496 e. The molecule has 1 aromatic rings. The molecular weight excluding hydrogens is 272 g/mol. The highest BCUT2D eigenvalue weighted by Crippen LogP contribution is 2.41. The Morgan fingerprint density at radius 1 is 1.52 bits per heavy atom. The molecule has 6 nitrogen and oxygen atoms in total. The molecule has 0 radical (unpaired) electrons. The quantitative estimate of drug-likeness (QED) is 0.639. The number of methoxy groups -OCH3 is 1. The van der Waals surface area contributed by atoms with Crippen LogP contribution in [0.4, 0.5) is 5.69 Å². The summed E-state index contributed by atoms with van der Waals surface area (Å²) in [6, 6.07) is 4.55. The summed E-state index contributed by atoms with van der Waals surface area (Å²) in [5.41, 5.74) is 6.28. The fourth-order valence-corrected chi connectivity index (χ4v) is 3.20. The van der Waals surface area contributed by atoms with Gasteiger partial charge in [-0.25, -0.2) is 0 Å². The lowest BCUT2D eigenvalue weighted by Crippen LogP contribution is -2.45. The van der Waals surface area contributed by atoms with E-state index in [-0.39, 0.29) is 5.69 Å². The first-order valence-corrected chi connectivity index (χ1v) is 7.22. The predicted octanol–water partition coefficient (Wildman–Crippen LogP) is 2.03. The molecule has 2 unspecified atom stereocenters. The van der Waals surface area contributed by atoms with Gasteiger partial charge in [-0.15, -0.1) is 0 Å². The molecule has 0 spiro atoms. The lowest BCUT2D eigenvalue weighted by molar-refractivity contribution is -0.385. The van der Waals surface area contributed by atoms with Gasteiger partial charge in [0, 0.05) is 29.7 Å². The highest BCUT2D eigenvalue weighted by Gasteiger charge is 2.39. The van der Waals surface area contributed by atoms with Crippen LogP contribution in [-0.2, 0) is 6.42 Å². The molecule has 6 heteroatoms. The van der Waals surface area contributed by atoms with Crippen LogP contribution in [0.25, 0.3) is 0 Å². The zero-order valence-corrected chi connectivity index (χ0v) is 12.2. The molecule has 0 heterocycles. The first-order valence-electron chi connectivity index (χ1n) is 7.22.